The van der Waals surface area contributed by atoms with Crippen LogP contribution in [0.3, 0.4) is 0 Å². The summed E-state index contributed by atoms with van der Waals surface area (Å²) in [6.45, 7) is 0.553. The predicted molar refractivity (Wildman–Crippen MR) is 85.3 cm³/mol. The Labute approximate surface area is 135 Å². The first kappa shape index (κ1) is 17.0. The summed E-state index contributed by atoms with van der Waals surface area (Å²) in [6, 6.07) is 8.38. The molecule has 0 aliphatic carbocycles. The highest BCUT2D eigenvalue weighted by Crippen LogP contribution is 2.07. The standard InChI is InChI=1S/C16H22N4O3/c17-14(21)10-19-15(22)13(9-11-5-2-1-3-6-11)20-16(23)12-7-4-8-18-12/h1-3,5-6,12-13,18H,4,7-10H2,(H2,17,21)(H,19,22)(H,20,23). The number of benzene rings is 1. The fraction of sp³-hybridized carbons (Fsp3) is 0.438. The van der Waals surface area contributed by atoms with Crippen molar-refractivity contribution in [2.45, 2.75) is 31.3 Å². The SMILES string of the molecule is NC(=O)CNC(=O)C(Cc1ccccc1)NC(=O)C1CCCN1. The Bertz CT molecular complexity index is 556. The van der Waals surface area contributed by atoms with Crippen LogP contribution in [0.5, 0.6) is 0 Å². The molecule has 2 atom stereocenters. The van der Waals surface area contributed by atoms with Gasteiger partial charge in [-0.25, -0.2) is 0 Å². The van der Waals surface area contributed by atoms with Crippen LogP contribution in [0.2, 0.25) is 0 Å². The van der Waals surface area contributed by atoms with E-state index in [1.165, 1.54) is 0 Å². The first-order valence-electron chi connectivity index (χ1n) is 7.70. The molecule has 1 fully saturated rings. The van der Waals surface area contributed by atoms with Gasteiger partial charge in [0.2, 0.25) is 17.7 Å². The molecule has 2 rings (SSSR count). The van der Waals surface area contributed by atoms with E-state index in [0.29, 0.717) is 6.42 Å². The van der Waals surface area contributed by atoms with E-state index < -0.39 is 17.9 Å². The van der Waals surface area contributed by atoms with Crippen molar-refractivity contribution in [2.24, 2.45) is 5.73 Å². The van der Waals surface area contributed by atoms with E-state index in [-0.39, 0.29) is 18.5 Å². The maximum Gasteiger partial charge on any atom is 0.243 e. The lowest BCUT2D eigenvalue weighted by Gasteiger charge is -2.20. The number of rotatable bonds is 7. The zero-order chi connectivity index (χ0) is 16.7. The number of amides is 3. The monoisotopic (exact) mass is 318 g/mol. The van der Waals surface area contributed by atoms with E-state index in [4.69, 9.17) is 5.73 Å². The molecule has 7 heteroatoms. The molecule has 124 valence electrons. The summed E-state index contributed by atoms with van der Waals surface area (Å²) in [4.78, 5) is 35.3. The number of hydrogen-bond acceptors (Lipinski definition) is 4. The van der Waals surface area contributed by atoms with Crippen molar-refractivity contribution in [3.8, 4) is 0 Å². The highest BCUT2D eigenvalue weighted by atomic mass is 16.2. The largest absolute Gasteiger partial charge is 0.368 e. The Balaban J connectivity index is 2.01. The average Bonchev–Trinajstić information content (AvgIpc) is 3.07. The molecule has 7 nitrogen and oxygen atoms in total. The molecule has 5 N–H and O–H groups in total. The van der Waals surface area contributed by atoms with Crippen molar-refractivity contribution >= 4 is 17.7 Å². The summed E-state index contributed by atoms with van der Waals surface area (Å²) in [7, 11) is 0. The summed E-state index contributed by atoms with van der Waals surface area (Å²) in [5.74, 6) is -1.24. The van der Waals surface area contributed by atoms with Crippen LogP contribution in [0, 0.1) is 0 Å². The minimum absolute atomic E-state index is 0.197. The van der Waals surface area contributed by atoms with Gasteiger partial charge in [-0.2, -0.15) is 0 Å². The van der Waals surface area contributed by atoms with Gasteiger partial charge in [0.25, 0.3) is 0 Å². The van der Waals surface area contributed by atoms with Crippen molar-refractivity contribution in [2.75, 3.05) is 13.1 Å². The van der Waals surface area contributed by atoms with Crippen LogP contribution in [0.1, 0.15) is 18.4 Å². The van der Waals surface area contributed by atoms with Gasteiger partial charge >= 0.3 is 0 Å². The lowest BCUT2D eigenvalue weighted by molar-refractivity contribution is -0.130. The molecule has 0 aromatic heterocycles. The number of carbonyl (C=O) groups is 3. The average molecular weight is 318 g/mol. The van der Waals surface area contributed by atoms with Gasteiger partial charge in [-0.15, -0.1) is 0 Å². The molecule has 0 saturated carbocycles. The summed E-state index contributed by atoms with van der Waals surface area (Å²) >= 11 is 0. The number of primary amides is 1. The fourth-order valence-electron chi connectivity index (χ4n) is 2.54. The van der Waals surface area contributed by atoms with Crippen LogP contribution in [0.4, 0.5) is 0 Å². The summed E-state index contributed by atoms with van der Waals surface area (Å²) in [5.41, 5.74) is 5.97. The third-order valence-electron chi connectivity index (χ3n) is 3.73. The van der Waals surface area contributed by atoms with Crippen molar-refractivity contribution in [1.29, 1.82) is 0 Å². The lowest BCUT2D eigenvalue weighted by atomic mass is 10.0. The molecule has 1 aliphatic heterocycles. The number of nitrogens with one attached hydrogen (secondary N) is 3. The zero-order valence-corrected chi connectivity index (χ0v) is 12.9. The van der Waals surface area contributed by atoms with Crippen molar-refractivity contribution in [3.63, 3.8) is 0 Å². The van der Waals surface area contributed by atoms with E-state index in [0.717, 1.165) is 24.9 Å². The highest BCUT2D eigenvalue weighted by Gasteiger charge is 2.27. The quantitative estimate of drug-likeness (QED) is 0.520. The molecule has 1 aromatic rings. The van der Waals surface area contributed by atoms with Crippen LogP contribution < -0.4 is 21.7 Å². The highest BCUT2D eigenvalue weighted by molar-refractivity contribution is 5.91. The summed E-state index contributed by atoms with van der Waals surface area (Å²) < 4.78 is 0. The van der Waals surface area contributed by atoms with Gasteiger partial charge in [-0.1, -0.05) is 30.3 Å². The van der Waals surface area contributed by atoms with E-state index >= 15 is 0 Å². The van der Waals surface area contributed by atoms with Crippen molar-refractivity contribution in [1.82, 2.24) is 16.0 Å². The predicted octanol–water partition coefficient (Wildman–Crippen LogP) is -0.933. The Kier molecular flexibility index (Phi) is 6.10. The molecule has 23 heavy (non-hydrogen) atoms. The van der Waals surface area contributed by atoms with Crippen LogP contribution in [0.25, 0.3) is 0 Å². The normalized spacial score (nSPS) is 18.2. The molecular weight excluding hydrogens is 296 g/mol. The van der Waals surface area contributed by atoms with Gasteiger partial charge in [0.15, 0.2) is 0 Å². The van der Waals surface area contributed by atoms with E-state index in [1.54, 1.807) is 0 Å². The lowest BCUT2D eigenvalue weighted by Crippen LogP contribution is -2.53. The van der Waals surface area contributed by atoms with Crippen molar-refractivity contribution in [3.05, 3.63) is 35.9 Å². The summed E-state index contributed by atoms with van der Waals surface area (Å²) in [5, 5.41) is 8.31. The van der Waals surface area contributed by atoms with Crippen LogP contribution in [-0.2, 0) is 20.8 Å². The maximum atomic E-state index is 12.2. The van der Waals surface area contributed by atoms with Gasteiger partial charge in [0, 0.05) is 6.42 Å². The zero-order valence-electron chi connectivity index (χ0n) is 12.9. The molecule has 1 heterocycles. The van der Waals surface area contributed by atoms with Gasteiger partial charge in [-0.05, 0) is 24.9 Å². The minimum atomic E-state index is -0.744. The molecule has 0 bridgehead atoms. The number of nitrogens with two attached hydrogens (primary N) is 1. The Morgan fingerprint density at radius 2 is 2.00 bits per heavy atom. The molecule has 2 unspecified atom stereocenters. The number of carbonyl (C=O) groups excluding carboxylic acids is 3. The molecule has 0 spiro atoms. The topological polar surface area (TPSA) is 113 Å². The van der Waals surface area contributed by atoms with E-state index in [1.807, 2.05) is 30.3 Å². The first-order chi connectivity index (χ1) is 11.1. The molecule has 1 aromatic carbocycles. The van der Waals surface area contributed by atoms with Crippen LogP contribution in [0.15, 0.2) is 30.3 Å². The van der Waals surface area contributed by atoms with Gasteiger partial charge < -0.3 is 21.7 Å². The van der Waals surface area contributed by atoms with Gasteiger partial charge in [0.05, 0.1) is 12.6 Å². The van der Waals surface area contributed by atoms with Crippen molar-refractivity contribution < 1.29 is 14.4 Å². The molecule has 3 amide bonds. The third-order valence-corrected chi connectivity index (χ3v) is 3.73. The smallest absolute Gasteiger partial charge is 0.243 e. The molecule has 1 saturated heterocycles. The Hall–Kier alpha value is -2.41. The molecule has 0 radical (unpaired) electrons. The first-order valence-corrected chi connectivity index (χ1v) is 7.70. The second-order valence-corrected chi connectivity index (χ2v) is 5.58. The Morgan fingerprint density at radius 1 is 1.26 bits per heavy atom. The van der Waals surface area contributed by atoms with E-state index in [2.05, 4.69) is 16.0 Å². The third kappa shape index (κ3) is 5.37. The second kappa shape index (κ2) is 8.28. The molecular formula is C16H22N4O3. The Morgan fingerprint density at radius 3 is 2.61 bits per heavy atom. The van der Waals surface area contributed by atoms with Gasteiger partial charge in [-0.3, -0.25) is 14.4 Å². The summed E-state index contributed by atoms with van der Waals surface area (Å²) in [6.07, 6.45) is 2.05. The second-order valence-electron chi connectivity index (χ2n) is 5.58. The van der Waals surface area contributed by atoms with E-state index in [9.17, 15) is 14.4 Å². The van der Waals surface area contributed by atoms with Gasteiger partial charge in [0.1, 0.15) is 6.04 Å². The minimum Gasteiger partial charge on any atom is -0.368 e. The molecule has 1 aliphatic rings. The van der Waals surface area contributed by atoms with Crippen LogP contribution in [-0.4, -0.2) is 42.9 Å². The number of hydrogen-bond donors (Lipinski definition) is 4. The maximum absolute atomic E-state index is 12.2. The van der Waals surface area contributed by atoms with Crippen LogP contribution >= 0.6 is 0 Å². The fourth-order valence-corrected chi connectivity index (χ4v) is 2.54.